The zero-order valence-corrected chi connectivity index (χ0v) is 11.4. The van der Waals surface area contributed by atoms with E-state index in [0.29, 0.717) is 22.2 Å². The van der Waals surface area contributed by atoms with Crippen molar-refractivity contribution < 1.29 is 9.53 Å². The third-order valence-electron chi connectivity index (χ3n) is 2.68. The Bertz CT molecular complexity index is 614. The second-order valence-corrected chi connectivity index (χ2v) is 4.36. The Balaban J connectivity index is 2.26. The minimum absolute atomic E-state index is 0.246. The van der Waals surface area contributed by atoms with Crippen LogP contribution in [0.15, 0.2) is 36.5 Å². The SMILES string of the molecule is COc1ccccc1C(=O)Nc1cnc(Cl)cc1C. The van der Waals surface area contributed by atoms with Gasteiger partial charge in [0.2, 0.25) is 0 Å². The fraction of sp³-hybridized carbons (Fsp3) is 0.143. The second kappa shape index (κ2) is 5.71. The van der Waals surface area contributed by atoms with E-state index >= 15 is 0 Å². The third-order valence-corrected chi connectivity index (χ3v) is 2.88. The van der Waals surface area contributed by atoms with Crippen LogP contribution < -0.4 is 10.1 Å². The molecule has 5 heteroatoms. The summed E-state index contributed by atoms with van der Waals surface area (Å²) in [6.07, 6.45) is 1.53. The van der Waals surface area contributed by atoms with Crippen molar-refractivity contribution in [2.24, 2.45) is 0 Å². The van der Waals surface area contributed by atoms with Crippen molar-refractivity contribution >= 4 is 23.2 Å². The predicted octanol–water partition coefficient (Wildman–Crippen LogP) is 3.30. The number of aromatic nitrogens is 1. The number of carbonyl (C=O) groups is 1. The number of amides is 1. The van der Waals surface area contributed by atoms with E-state index in [1.807, 2.05) is 13.0 Å². The quantitative estimate of drug-likeness (QED) is 0.875. The van der Waals surface area contributed by atoms with Gasteiger partial charge in [-0.3, -0.25) is 4.79 Å². The Hall–Kier alpha value is -2.07. The van der Waals surface area contributed by atoms with Crippen molar-refractivity contribution in [3.05, 3.63) is 52.8 Å². The van der Waals surface area contributed by atoms with Crippen LogP contribution in [-0.2, 0) is 0 Å². The molecule has 1 aromatic carbocycles. The van der Waals surface area contributed by atoms with E-state index < -0.39 is 0 Å². The highest BCUT2D eigenvalue weighted by Gasteiger charge is 2.12. The largest absolute Gasteiger partial charge is 0.496 e. The number of aryl methyl sites for hydroxylation is 1. The molecule has 0 unspecified atom stereocenters. The summed E-state index contributed by atoms with van der Waals surface area (Å²) in [6.45, 7) is 1.85. The van der Waals surface area contributed by atoms with Crippen LogP contribution in [0.5, 0.6) is 5.75 Å². The van der Waals surface area contributed by atoms with Crippen molar-refractivity contribution in [1.29, 1.82) is 0 Å². The van der Waals surface area contributed by atoms with Crippen LogP contribution in [0.3, 0.4) is 0 Å². The number of para-hydroxylation sites is 1. The zero-order chi connectivity index (χ0) is 13.8. The number of methoxy groups -OCH3 is 1. The van der Waals surface area contributed by atoms with Crippen molar-refractivity contribution in [1.82, 2.24) is 4.98 Å². The number of hydrogen-bond donors (Lipinski definition) is 1. The lowest BCUT2D eigenvalue weighted by atomic mass is 10.1. The van der Waals surface area contributed by atoms with E-state index in [9.17, 15) is 4.79 Å². The minimum Gasteiger partial charge on any atom is -0.496 e. The molecule has 1 N–H and O–H groups in total. The van der Waals surface area contributed by atoms with Gasteiger partial charge in [0.1, 0.15) is 10.9 Å². The van der Waals surface area contributed by atoms with Crippen LogP contribution >= 0.6 is 11.6 Å². The van der Waals surface area contributed by atoms with Crippen LogP contribution in [0.25, 0.3) is 0 Å². The molecular formula is C14H13ClN2O2. The van der Waals surface area contributed by atoms with Gasteiger partial charge in [0.15, 0.2) is 0 Å². The minimum atomic E-state index is -0.246. The zero-order valence-electron chi connectivity index (χ0n) is 10.6. The summed E-state index contributed by atoms with van der Waals surface area (Å²) in [5, 5.41) is 3.18. The van der Waals surface area contributed by atoms with Gasteiger partial charge < -0.3 is 10.1 Å². The Kier molecular flexibility index (Phi) is 4.02. The number of rotatable bonds is 3. The molecule has 98 valence electrons. The highest BCUT2D eigenvalue weighted by Crippen LogP contribution is 2.21. The van der Waals surface area contributed by atoms with Gasteiger partial charge in [-0.2, -0.15) is 0 Å². The van der Waals surface area contributed by atoms with E-state index in [1.54, 1.807) is 24.3 Å². The number of carbonyl (C=O) groups excluding carboxylic acids is 1. The summed E-state index contributed by atoms with van der Waals surface area (Å²) in [5.41, 5.74) is 1.95. The number of anilines is 1. The van der Waals surface area contributed by atoms with Gasteiger partial charge in [-0.05, 0) is 30.7 Å². The average Bonchev–Trinajstić information content (AvgIpc) is 2.41. The molecule has 0 atom stereocenters. The molecule has 0 saturated carbocycles. The summed E-state index contributed by atoms with van der Waals surface area (Å²) < 4.78 is 5.16. The summed E-state index contributed by atoms with van der Waals surface area (Å²) in [6, 6.07) is 8.73. The molecule has 0 aliphatic carbocycles. The first-order valence-corrected chi connectivity index (χ1v) is 6.06. The maximum Gasteiger partial charge on any atom is 0.259 e. The molecular weight excluding hydrogens is 264 g/mol. The summed E-state index contributed by atoms with van der Waals surface area (Å²) in [7, 11) is 1.53. The van der Waals surface area contributed by atoms with Crippen molar-refractivity contribution in [3.8, 4) is 5.75 Å². The van der Waals surface area contributed by atoms with Crippen molar-refractivity contribution in [2.75, 3.05) is 12.4 Å². The lowest BCUT2D eigenvalue weighted by Crippen LogP contribution is -2.14. The maximum absolute atomic E-state index is 12.2. The summed E-state index contributed by atoms with van der Waals surface area (Å²) >= 11 is 5.77. The lowest BCUT2D eigenvalue weighted by molar-refractivity contribution is 0.102. The molecule has 0 fully saturated rings. The van der Waals surface area contributed by atoms with Crippen LogP contribution in [-0.4, -0.2) is 18.0 Å². The topological polar surface area (TPSA) is 51.2 Å². The normalized spacial score (nSPS) is 10.1. The molecule has 0 saturated heterocycles. The second-order valence-electron chi connectivity index (χ2n) is 3.98. The van der Waals surface area contributed by atoms with Crippen LogP contribution in [0.1, 0.15) is 15.9 Å². The Morgan fingerprint density at radius 1 is 1.37 bits per heavy atom. The van der Waals surface area contributed by atoms with Gasteiger partial charge >= 0.3 is 0 Å². The number of nitrogens with one attached hydrogen (secondary N) is 1. The highest BCUT2D eigenvalue weighted by molar-refractivity contribution is 6.29. The molecule has 0 bridgehead atoms. The predicted molar refractivity (Wildman–Crippen MR) is 74.9 cm³/mol. The molecule has 1 amide bonds. The van der Waals surface area contributed by atoms with Crippen LogP contribution in [0.4, 0.5) is 5.69 Å². The Morgan fingerprint density at radius 3 is 2.79 bits per heavy atom. The first-order valence-electron chi connectivity index (χ1n) is 5.68. The van der Waals surface area contributed by atoms with E-state index in [4.69, 9.17) is 16.3 Å². The standard InChI is InChI=1S/C14H13ClN2O2/c1-9-7-13(15)16-8-11(9)17-14(18)10-5-3-4-6-12(10)19-2/h3-8H,1-2H3,(H,17,18). The Morgan fingerprint density at radius 2 is 2.11 bits per heavy atom. The average molecular weight is 277 g/mol. The van der Waals surface area contributed by atoms with Gasteiger partial charge in [-0.15, -0.1) is 0 Å². The van der Waals surface area contributed by atoms with Gasteiger partial charge in [0, 0.05) is 0 Å². The lowest BCUT2D eigenvalue weighted by Gasteiger charge is -2.10. The fourth-order valence-corrected chi connectivity index (χ4v) is 1.89. The monoisotopic (exact) mass is 276 g/mol. The van der Waals surface area contributed by atoms with Crippen molar-refractivity contribution in [3.63, 3.8) is 0 Å². The Labute approximate surface area is 116 Å². The molecule has 0 aliphatic rings. The molecule has 19 heavy (non-hydrogen) atoms. The van der Waals surface area contributed by atoms with Crippen molar-refractivity contribution in [2.45, 2.75) is 6.92 Å². The molecule has 1 aromatic heterocycles. The first kappa shape index (κ1) is 13.4. The summed E-state index contributed by atoms with van der Waals surface area (Å²) in [4.78, 5) is 16.1. The van der Waals surface area contributed by atoms with Crippen LogP contribution in [0, 0.1) is 6.92 Å². The van der Waals surface area contributed by atoms with E-state index in [2.05, 4.69) is 10.3 Å². The summed E-state index contributed by atoms with van der Waals surface area (Å²) in [5.74, 6) is 0.282. The molecule has 4 nitrogen and oxygen atoms in total. The van der Waals surface area contributed by atoms with Crippen LogP contribution in [0.2, 0.25) is 5.15 Å². The molecule has 0 aliphatic heterocycles. The molecule has 2 aromatic rings. The molecule has 0 radical (unpaired) electrons. The number of nitrogens with zero attached hydrogens (tertiary/aromatic N) is 1. The number of benzene rings is 1. The number of ether oxygens (including phenoxy) is 1. The van der Waals surface area contributed by atoms with E-state index in [1.165, 1.54) is 13.3 Å². The first-order chi connectivity index (χ1) is 9.11. The molecule has 0 spiro atoms. The third kappa shape index (κ3) is 3.03. The van der Waals surface area contributed by atoms with E-state index in [0.717, 1.165) is 5.56 Å². The van der Waals surface area contributed by atoms with E-state index in [-0.39, 0.29) is 5.91 Å². The number of hydrogen-bond acceptors (Lipinski definition) is 3. The maximum atomic E-state index is 12.2. The van der Waals surface area contributed by atoms with Gasteiger partial charge in [0.05, 0.1) is 24.6 Å². The van der Waals surface area contributed by atoms with Gasteiger partial charge in [-0.1, -0.05) is 23.7 Å². The highest BCUT2D eigenvalue weighted by atomic mass is 35.5. The molecule has 1 heterocycles. The smallest absolute Gasteiger partial charge is 0.259 e. The molecule has 2 rings (SSSR count). The fourth-order valence-electron chi connectivity index (χ4n) is 1.67. The number of pyridine rings is 1. The number of halogens is 1. The van der Waals surface area contributed by atoms with Gasteiger partial charge in [-0.25, -0.2) is 4.98 Å². The van der Waals surface area contributed by atoms with Gasteiger partial charge in [0.25, 0.3) is 5.91 Å².